The molecule has 0 saturated carbocycles. The lowest BCUT2D eigenvalue weighted by Crippen LogP contribution is -2.15. The highest BCUT2D eigenvalue weighted by atomic mass is 19.1. The van der Waals surface area contributed by atoms with Gasteiger partial charge in [-0.05, 0) is 17.7 Å². The lowest BCUT2D eigenvalue weighted by molar-refractivity contribution is 0.628. The summed E-state index contributed by atoms with van der Waals surface area (Å²) in [7, 11) is 0. The van der Waals surface area contributed by atoms with E-state index in [0.29, 0.717) is 6.54 Å². The second-order valence-electron chi connectivity index (χ2n) is 4.89. The number of rotatable bonds is 4. The van der Waals surface area contributed by atoms with E-state index in [-0.39, 0.29) is 11.7 Å². The third kappa shape index (κ3) is 2.85. The fraction of sp³-hybridized carbons (Fsp3) is 0.118. The number of H-pyrrole nitrogens is 1. The summed E-state index contributed by atoms with van der Waals surface area (Å²) < 4.78 is 13.3. The summed E-state index contributed by atoms with van der Waals surface area (Å²) >= 11 is 0. The van der Waals surface area contributed by atoms with Crippen molar-refractivity contribution in [1.29, 1.82) is 0 Å². The smallest absolute Gasteiger partial charge is 0.123 e. The number of nitrogens with two attached hydrogens (primary N) is 1. The minimum Gasteiger partial charge on any atom is -0.341 e. The molecule has 4 heteroatoms. The summed E-state index contributed by atoms with van der Waals surface area (Å²) in [6.45, 7) is 0.458. The fourth-order valence-corrected chi connectivity index (χ4v) is 2.41. The second kappa shape index (κ2) is 5.89. The van der Waals surface area contributed by atoms with E-state index in [1.54, 1.807) is 12.3 Å². The number of halogens is 1. The lowest BCUT2D eigenvalue weighted by atomic mass is 9.99. The average Bonchev–Trinajstić information content (AvgIpc) is 2.99. The number of imidazole rings is 1. The van der Waals surface area contributed by atoms with E-state index in [2.05, 4.69) is 9.97 Å². The van der Waals surface area contributed by atoms with Gasteiger partial charge in [0.25, 0.3) is 0 Å². The van der Waals surface area contributed by atoms with Gasteiger partial charge in [-0.15, -0.1) is 0 Å². The van der Waals surface area contributed by atoms with E-state index in [0.717, 1.165) is 22.6 Å². The summed E-state index contributed by atoms with van der Waals surface area (Å²) in [6, 6.07) is 16.4. The van der Waals surface area contributed by atoms with Crippen LogP contribution in [0.15, 0.2) is 60.8 Å². The largest absolute Gasteiger partial charge is 0.341 e. The molecule has 3 aromatic rings. The maximum atomic E-state index is 13.3. The van der Waals surface area contributed by atoms with Crippen LogP contribution in [0.4, 0.5) is 4.39 Å². The van der Waals surface area contributed by atoms with Crippen molar-refractivity contribution >= 4 is 0 Å². The van der Waals surface area contributed by atoms with Crippen LogP contribution < -0.4 is 5.73 Å². The highest BCUT2D eigenvalue weighted by molar-refractivity contribution is 5.58. The van der Waals surface area contributed by atoms with Gasteiger partial charge < -0.3 is 10.7 Å². The molecular weight excluding hydrogens is 265 g/mol. The molecule has 3 N–H and O–H groups in total. The minimum absolute atomic E-state index is 0.00788. The number of aromatic nitrogens is 2. The normalized spacial score (nSPS) is 12.3. The quantitative estimate of drug-likeness (QED) is 0.771. The van der Waals surface area contributed by atoms with Crippen molar-refractivity contribution in [3.8, 4) is 11.3 Å². The lowest BCUT2D eigenvalue weighted by Gasteiger charge is -2.12. The van der Waals surface area contributed by atoms with Gasteiger partial charge in [0.05, 0.1) is 17.8 Å². The molecule has 1 heterocycles. The van der Waals surface area contributed by atoms with Gasteiger partial charge in [-0.3, -0.25) is 0 Å². The van der Waals surface area contributed by atoms with Gasteiger partial charge in [0.15, 0.2) is 0 Å². The minimum atomic E-state index is -0.262. The molecule has 1 unspecified atom stereocenters. The highest BCUT2D eigenvalue weighted by Crippen LogP contribution is 2.24. The van der Waals surface area contributed by atoms with E-state index in [4.69, 9.17) is 5.73 Å². The molecule has 0 amide bonds. The van der Waals surface area contributed by atoms with E-state index in [1.165, 1.54) is 12.1 Å². The van der Waals surface area contributed by atoms with Crippen LogP contribution in [-0.4, -0.2) is 16.5 Å². The average molecular weight is 281 g/mol. The Bertz CT molecular complexity index is 722. The van der Waals surface area contributed by atoms with Gasteiger partial charge in [0.2, 0.25) is 0 Å². The molecule has 1 atom stereocenters. The van der Waals surface area contributed by atoms with Crippen LogP contribution in [-0.2, 0) is 0 Å². The van der Waals surface area contributed by atoms with Crippen LogP contribution in [0.2, 0.25) is 0 Å². The summed E-state index contributed by atoms with van der Waals surface area (Å²) in [4.78, 5) is 7.66. The van der Waals surface area contributed by atoms with Crippen molar-refractivity contribution in [1.82, 2.24) is 9.97 Å². The molecule has 21 heavy (non-hydrogen) atoms. The molecule has 0 fully saturated rings. The zero-order valence-corrected chi connectivity index (χ0v) is 11.5. The third-order valence-corrected chi connectivity index (χ3v) is 3.50. The summed E-state index contributed by atoms with van der Waals surface area (Å²) in [5, 5.41) is 0. The van der Waals surface area contributed by atoms with Crippen molar-refractivity contribution in [2.24, 2.45) is 5.73 Å². The Hall–Kier alpha value is -2.46. The second-order valence-corrected chi connectivity index (χ2v) is 4.89. The van der Waals surface area contributed by atoms with Crippen molar-refractivity contribution in [2.45, 2.75) is 5.92 Å². The van der Waals surface area contributed by atoms with Crippen molar-refractivity contribution in [2.75, 3.05) is 6.54 Å². The fourth-order valence-electron chi connectivity index (χ4n) is 2.41. The Morgan fingerprint density at radius 3 is 2.62 bits per heavy atom. The number of nitrogens with one attached hydrogen (secondary N) is 1. The van der Waals surface area contributed by atoms with Gasteiger partial charge in [-0.25, -0.2) is 9.37 Å². The Morgan fingerprint density at radius 2 is 1.90 bits per heavy atom. The number of nitrogens with zero attached hydrogens (tertiary/aromatic N) is 1. The molecule has 3 rings (SSSR count). The van der Waals surface area contributed by atoms with Gasteiger partial charge in [0.1, 0.15) is 11.6 Å². The van der Waals surface area contributed by atoms with E-state index >= 15 is 0 Å². The molecule has 1 aromatic heterocycles. The Kier molecular flexibility index (Phi) is 3.79. The third-order valence-electron chi connectivity index (χ3n) is 3.50. The molecule has 3 nitrogen and oxygen atoms in total. The molecule has 106 valence electrons. The molecule has 0 aliphatic carbocycles. The zero-order chi connectivity index (χ0) is 14.7. The van der Waals surface area contributed by atoms with E-state index < -0.39 is 0 Å². The Morgan fingerprint density at radius 1 is 1.10 bits per heavy atom. The van der Waals surface area contributed by atoms with Crippen LogP contribution in [0.3, 0.4) is 0 Å². The Labute approximate surface area is 122 Å². The van der Waals surface area contributed by atoms with Crippen molar-refractivity contribution in [3.05, 3.63) is 78.0 Å². The summed E-state index contributed by atoms with van der Waals surface area (Å²) in [5.74, 6) is 0.540. The first-order chi connectivity index (χ1) is 10.3. The van der Waals surface area contributed by atoms with Crippen LogP contribution >= 0.6 is 0 Å². The number of hydrogen-bond acceptors (Lipinski definition) is 2. The van der Waals surface area contributed by atoms with Gasteiger partial charge in [-0.2, -0.15) is 0 Å². The molecule has 0 aliphatic rings. The van der Waals surface area contributed by atoms with Gasteiger partial charge in [0, 0.05) is 12.1 Å². The van der Waals surface area contributed by atoms with Gasteiger partial charge in [-0.1, -0.05) is 42.5 Å². The zero-order valence-electron chi connectivity index (χ0n) is 11.5. The SMILES string of the molecule is NCC(c1ccccc1)c1ncc(-c2cccc(F)c2)[nH]1. The van der Waals surface area contributed by atoms with Crippen LogP contribution in [0, 0.1) is 5.82 Å². The van der Waals surface area contributed by atoms with E-state index in [1.807, 2.05) is 36.4 Å². The maximum absolute atomic E-state index is 13.3. The molecular formula is C17H16FN3. The molecule has 0 aliphatic heterocycles. The van der Waals surface area contributed by atoms with Crippen LogP contribution in [0.25, 0.3) is 11.3 Å². The predicted molar refractivity (Wildman–Crippen MR) is 81.3 cm³/mol. The highest BCUT2D eigenvalue weighted by Gasteiger charge is 2.16. The first-order valence-corrected chi connectivity index (χ1v) is 6.84. The van der Waals surface area contributed by atoms with Crippen LogP contribution in [0.5, 0.6) is 0 Å². The monoisotopic (exact) mass is 281 g/mol. The first-order valence-electron chi connectivity index (χ1n) is 6.84. The Balaban J connectivity index is 1.94. The van der Waals surface area contributed by atoms with E-state index in [9.17, 15) is 4.39 Å². The number of benzene rings is 2. The van der Waals surface area contributed by atoms with Crippen molar-refractivity contribution in [3.63, 3.8) is 0 Å². The standard InChI is InChI=1S/C17H16FN3/c18-14-8-4-7-13(9-14)16-11-20-17(21-16)15(10-19)12-5-2-1-3-6-12/h1-9,11,15H,10,19H2,(H,20,21). The van der Waals surface area contributed by atoms with Crippen LogP contribution in [0.1, 0.15) is 17.3 Å². The summed E-state index contributed by atoms with van der Waals surface area (Å²) in [5.41, 5.74) is 8.57. The molecule has 0 saturated heterocycles. The number of hydrogen-bond donors (Lipinski definition) is 2. The molecule has 2 aromatic carbocycles. The number of aromatic amines is 1. The summed E-state index contributed by atoms with van der Waals surface area (Å²) in [6.07, 6.45) is 1.72. The molecule has 0 radical (unpaired) electrons. The molecule has 0 spiro atoms. The maximum Gasteiger partial charge on any atom is 0.123 e. The predicted octanol–water partition coefficient (Wildman–Crippen LogP) is 3.31. The van der Waals surface area contributed by atoms with Gasteiger partial charge >= 0.3 is 0 Å². The van der Waals surface area contributed by atoms with Crippen molar-refractivity contribution < 1.29 is 4.39 Å². The topological polar surface area (TPSA) is 54.7 Å². The first kappa shape index (κ1) is 13.5. The molecule has 0 bridgehead atoms.